The molecule has 0 aliphatic carbocycles. The molecule has 2 rings (SSSR count). The summed E-state index contributed by atoms with van der Waals surface area (Å²) in [6.07, 6.45) is 3.39. The lowest BCUT2D eigenvalue weighted by molar-refractivity contribution is 0.334. The van der Waals surface area contributed by atoms with Crippen LogP contribution in [0.1, 0.15) is 26.2 Å². The fourth-order valence-corrected chi connectivity index (χ4v) is 3.63. The van der Waals surface area contributed by atoms with Gasteiger partial charge in [0.05, 0.1) is 4.90 Å². The number of hydrogen-bond acceptors (Lipinski definition) is 4. The predicted molar refractivity (Wildman–Crippen MR) is 86.1 cm³/mol. The molecular formula is C15H25N3O2S. The van der Waals surface area contributed by atoms with Gasteiger partial charge in [-0.05, 0) is 70.1 Å². The zero-order valence-electron chi connectivity index (χ0n) is 12.6. The maximum absolute atomic E-state index is 12.2. The first-order valence-electron chi connectivity index (χ1n) is 7.68. The van der Waals surface area contributed by atoms with E-state index >= 15 is 0 Å². The average molecular weight is 311 g/mol. The monoisotopic (exact) mass is 311 g/mol. The smallest absolute Gasteiger partial charge is 0.240 e. The molecule has 1 aromatic rings. The summed E-state index contributed by atoms with van der Waals surface area (Å²) in [5.74, 6) is 0. The summed E-state index contributed by atoms with van der Waals surface area (Å²) in [5.41, 5.74) is 0.936. The van der Waals surface area contributed by atoms with Crippen molar-refractivity contribution in [2.24, 2.45) is 0 Å². The van der Waals surface area contributed by atoms with E-state index < -0.39 is 10.0 Å². The summed E-state index contributed by atoms with van der Waals surface area (Å²) >= 11 is 0. The van der Waals surface area contributed by atoms with Crippen LogP contribution in [0.4, 0.5) is 5.69 Å². The number of anilines is 1. The van der Waals surface area contributed by atoms with Crippen molar-refractivity contribution in [3.05, 3.63) is 24.3 Å². The number of nitrogens with one attached hydrogen (secondary N) is 2. The highest BCUT2D eigenvalue weighted by Crippen LogP contribution is 2.14. The van der Waals surface area contributed by atoms with E-state index in [2.05, 4.69) is 14.9 Å². The van der Waals surface area contributed by atoms with Crippen molar-refractivity contribution in [3.8, 4) is 0 Å². The number of hydrogen-bond donors (Lipinski definition) is 2. The Bertz CT molecular complexity index is 522. The molecule has 1 aromatic carbocycles. The summed E-state index contributed by atoms with van der Waals surface area (Å²) in [4.78, 5) is 2.71. The minimum Gasteiger partial charge on any atom is -0.385 e. The summed E-state index contributed by atoms with van der Waals surface area (Å²) in [7, 11) is -3.38. The van der Waals surface area contributed by atoms with Crippen molar-refractivity contribution in [2.75, 3.05) is 38.0 Å². The zero-order chi connectivity index (χ0) is 15.1. The first kappa shape index (κ1) is 16.3. The third kappa shape index (κ3) is 4.98. The summed E-state index contributed by atoms with van der Waals surface area (Å²) in [5, 5.41) is 3.15. The molecule has 1 fully saturated rings. The van der Waals surface area contributed by atoms with Crippen molar-refractivity contribution in [2.45, 2.75) is 31.1 Å². The van der Waals surface area contributed by atoms with Gasteiger partial charge in [0.15, 0.2) is 0 Å². The molecule has 5 nitrogen and oxygen atoms in total. The fraction of sp³-hybridized carbons (Fsp3) is 0.600. The maximum Gasteiger partial charge on any atom is 0.240 e. The van der Waals surface area contributed by atoms with Gasteiger partial charge in [-0.1, -0.05) is 0 Å². The predicted octanol–water partition coefficient (Wildman–Crippen LogP) is 1.88. The molecule has 0 atom stereocenters. The quantitative estimate of drug-likeness (QED) is 0.720. The molecule has 1 heterocycles. The molecule has 6 heteroatoms. The highest BCUT2D eigenvalue weighted by Gasteiger charge is 2.14. The Morgan fingerprint density at radius 2 is 1.81 bits per heavy atom. The van der Waals surface area contributed by atoms with E-state index in [1.807, 2.05) is 6.92 Å². The summed E-state index contributed by atoms with van der Waals surface area (Å²) in [6.45, 7) is 6.60. The topological polar surface area (TPSA) is 61.4 Å². The molecule has 0 spiro atoms. The molecule has 0 aromatic heterocycles. The Morgan fingerprint density at radius 3 is 2.43 bits per heavy atom. The van der Waals surface area contributed by atoms with Gasteiger partial charge in [-0.25, -0.2) is 13.1 Å². The first-order valence-corrected chi connectivity index (χ1v) is 9.16. The van der Waals surface area contributed by atoms with Crippen LogP contribution in [0.15, 0.2) is 29.2 Å². The molecule has 0 unspecified atom stereocenters. The van der Waals surface area contributed by atoms with Crippen LogP contribution in [0.25, 0.3) is 0 Å². The minimum atomic E-state index is -3.38. The standard InChI is InChI=1S/C15H25N3O2S/c1-2-16-14-6-8-15(9-7-14)21(19,20)17-10-5-13-18-11-3-4-12-18/h6-9,16-17H,2-5,10-13H2,1H3. The van der Waals surface area contributed by atoms with Gasteiger partial charge in [-0.3, -0.25) is 0 Å². The molecule has 1 aliphatic heterocycles. The lowest BCUT2D eigenvalue weighted by Gasteiger charge is -2.14. The van der Waals surface area contributed by atoms with Gasteiger partial charge in [-0.2, -0.15) is 0 Å². The van der Waals surface area contributed by atoms with Gasteiger partial charge in [-0.15, -0.1) is 0 Å². The van der Waals surface area contributed by atoms with Crippen molar-refractivity contribution >= 4 is 15.7 Å². The van der Waals surface area contributed by atoms with Gasteiger partial charge in [0.1, 0.15) is 0 Å². The van der Waals surface area contributed by atoms with Crippen LogP contribution in [0.5, 0.6) is 0 Å². The van der Waals surface area contributed by atoms with Crippen LogP contribution in [0, 0.1) is 0 Å². The van der Waals surface area contributed by atoms with Crippen molar-refractivity contribution in [1.82, 2.24) is 9.62 Å². The van der Waals surface area contributed by atoms with Crippen LogP contribution >= 0.6 is 0 Å². The van der Waals surface area contributed by atoms with Crippen molar-refractivity contribution < 1.29 is 8.42 Å². The van der Waals surface area contributed by atoms with Gasteiger partial charge >= 0.3 is 0 Å². The van der Waals surface area contributed by atoms with Crippen LogP contribution in [0.3, 0.4) is 0 Å². The van der Waals surface area contributed by atoms with Crippen molar-refractivity contribution in [3.63, 3.8) is 0 Å². The lowest BCUT2D eigenvalue weighted by atomic mass is 10.3. The SMILES string of the molecule is CCNc1ccc(S(=O)(=O)NCCCN2CCCC2)cc1. The highest BCUT2D eigenvalue weighted by molar-refractivity contribution is 7.89. The Balaban J connectivity index is 1.80. The van der Waals surface area contributed by atoms with E-state index in [4.69, 9.17) is 0 Å². The van der Waals surface area contributed by atoms with Gasteiger partial charge in [0.2, 0.25) is 10.0 Å². The second-order valence-electron chi connectivity index (χ2n) is 5.35. The Kier molecular flexibility index (Phi) is 6.02. The van der Waals surface area contributed by atoms with Crippen LogP contribution in [-0.2, 0) is 10.0 Å². The Morgan fingerprint density at radius 1 is 1.14 bits per heavy atom. The molecule has 0 amide bonds. The van der Waals surface area contributed by atoms with E-state index in [9.17, 15) is 8.42 Å². The number of sulfonamides is 1. The number of benzene rings is 1. The number of rotatable bonds is 8. The summed E-state index contributed by atoms with van der Waals surface area (Å²) in [6, 6.07) is 6.87. The van der Waals surface area contributed by atoms with E-state index in [1.54, 1.807) is 24.3 Å². The van der Waals surface area contributed by atoms with E-state index in [1.165, 1.54) is 12.8 Å². The molecule has 1 aliphatic rings. The maximum atomic E-state index is 12.2. The van der Waals surface area contributed by atoms with Crippen molar-refractivity contribution in [1.29, 1.82) is 0 Å². The highest BCUT2D eigenvalue weighted by atomic mass is 32.2. The molecule has 1 saturated heterocycles. The van der Waals surface area contributed by atoms with Crippen LogP contribution < -0.4 is 10.0 Å². The third-order valence-electron chi connectivity index (χ3n) is 3.69. The molecule has 0 radical (unpaired) electrons. The van der Waals surface area contributed by atoms with E-state index in [-0.39, 0.29) is 0 Å². The second kappa shape index (κ2) is 7.77. The molecule has 0 saturated carbocycles. The number of nitrogens with zero attached hydrogens (tertiary/aromatic N) is 1. The fourth-order valence-electron chi connectivity index (χ4n) is 2.55. The van der Waals surface area contributed by atoms with Gasteiger partial charge in [0, 0.05) is 18.8 Å². The van der Waals surface area contributed by atoms with Gasteiger partial charge < -0.3 is 10.2 Å². The molecule has 21 heavy (non-hydrogen) atoms. The molecule has 118 valence electrons. The Hall–Kier alpha value is -1.11. The molecular weight excluding hydrogens is 286 g/mol. The van der Waals surface area contributed by atoms with Crippen LogP contribution in [0.2, 0.25) is 0 Å². The van der Waals surface area contributed by atoms with E-state index in [0.717, 1.165) is 38.3 Å². The summed E-state index contributed by atoms with van der Waals surface area (Å²) < 4.78 is 27.0. The Labute approximate surface area is 127 Å². The van der Waals surface area contributed by atoms with Crippen LogP contribution in [-0.4, -0.2) is 46.0 Å². The largest absolute Gasteiger partial charge is 0.385 e. The van der Waals surface area contributed by atoms with E-state index in [0.29, 0.717) is 11.4 Å². The first-order chi connectivity index (χ1) is 10.1. The average Bonchev–Trinajstić information content (AvgIpc) is 2.98. The molecule has 0 bridgehead atoms. The number of likely N-dealkylation sites (tertiary alicyclic amines) is 1. The molecule has 2 N–H and O–H groups in total. The third-order valence-corrected chi connectivity index (χ3v) is 5.16. The zero-order valence-corrected chi connectivity index (χ0v) is 13.5. The normalized spacial score (nSPS) is 16.2. The minimum absolute atomic E-state index is 0.324. The van der Waals surface area contributed by atoms with Gasteiger partial charge in [0.25, 0.3) is 0 Å². The lowest BCUT2D eigenvalue weighted by Crippen LogP contribution is -2.28. The second-order valence-corrected chi connectivity index (χ2v) is 7.12.